The predicted molar refractivity (Wildman–Crippen MR) is 121 cm³/mol. The third-order valence-electron chi connectivity index (χ3n) is 4.66. The summed E-state index contributed by atoms with van der Waals surface area (Å²) >= 11 is 0. The van der Waals surface area contributed by atoms with Crippen molar-refractivity contribution in [3.63, 3.8) is 0 Å². The number of benzene rings is 3. The number of carbonyl (C=O) groups is 1. The molecule has 32 heavy (non-hydrogen) atoms. The summed E-state index contributed by atoms with van der Waals surface area (Å²) in [6.45, 7) is 1.79. The van der Waals surface area contributed by atoms with Gasteiger partial charge in [-0.15, -0.1) is 0 Å². The molecular weight excluding hydrogens is 428 g/mol. The van der Waals surface area contributed by atoms with E-state index in [1.165, 1.54) is 12.1 Å². The Morgan fingerprint density at radius 2 is 1.50 bits per heavy atom. The van der Waals surface area contributed by atoms with Crippen molar-refractivity contribution in [3.8, 4) is 11.5 Å². The van der Waals surface area contributed by atoms with Gasteiger partial charge in [0.1, 0.15) is 16.4 Å². The van der Waals surface area contributed by atoms with Gasteiger partial charge in [-0.25, -0.2) is 4.79 Å². The number of esters is 1. The van der Waals surface area contributed by atoms with E-state index < -0.39 is 22.2 Å². The summed E-state index contributed by atoms with van der Waals surface area (Å²) in [5, 5.41) is 0. The minimum atomic E-state index is -4.29. The average molecular weight is 455 g/mol. The van der Waals surface area contributed by atoms with E-state index >= 15 is 0 Å². The Bertz CT molecular complexity index is 1100. The first kappa shape index (κ1) is 23.5. The zero-order valence-electron chi connectivity index (χ0n) is 17.8. The minimum Gasteiger partial charge on any atom is -0.464 e. The van der Waals surface area contributed by atoms with Gasteiger partial charge in [-0.05, 0) is 56.0 Å². The van der Waals surface area contributed by atoms with Gasteiger partial charge in [0.25, 0.3) is 0 Å². The summed E-state index contributed by atoms with van der Waals surface area (Å²) in [6.07, 6.45) is 0.210. The van der Waals surface area contributed by atoms with Crippen molar-refractivity contribution in [2.75, 3.05) is 6.61 Å². The molecule has 0 aliphatic rings. The quantitative estimate of drug-likeness (QED) is 0.295. The fraction of sp³-hybridized carbons (Fsp3) is 0.240. The van der Waals surface area contributed by atoms with E-state index in [1.807, 2.05) is 36.4 Å². The SMILES string of the molecule is CCOC(=O)[C@@H](CCCc1ccccc1)OS(=O)(=O)c1ccccc1Oc1ccccc1. The molecule has 0 radical (unpaired) electrons. The lowest BCUT2D eigenvalue weighted by Crippen LogP contribution is -2.29. The summed E-state index contributed by atoms with van der Waals surface area (Å²) in [5.41, 5.74) is 1.10. The first-order valence-electron chi connectivity index (χ1n) is 10.5. The topological polar surface area (TPSA) is 78.9 Å². The molecule has 168 valence electrons. The van der Waals surface area contributed by atoms with Crippen LogP contribution in [0.25, 0.3) is 0 Å². The highest BCUT2D eigenvalue weighted by Gasteiger charge is 2.30. The maximum Gasteiger partial charge on any atom is 0.336 e. The van der Waals surface area contributed by atoms with Gasteiger partial charge in [-0.1, -0.05) is 60.7 Å². The number of hydrogen-bond acceptors (Lipinski definition) is 6. The van der Waals surface area contributed by atoms with E-state index in [0.717, 1.165) is 5.56 Å². The van der Waals surface area contributed by atoms with Crippen molar-refractivity contribution < 1.29 is 26.9 Å². The molecule has 3 rings (SSSR count). The van der Waals surface area contributed by atoms with Gasteiger partial charge in [0, 0.05) is 0 Å². The van der Waals surface area contributed by atoms with E-state index in [1.54, 1.807) is 43.3 Å². The van der Waals surface area contributed by atoms with Crippen LogP contribution < -0.4 is 4.74 Å². The monoisotopic (exact) mass is 454 g/mol. The molecule has 7 heteroatoms. The molecular formula is C25H26O6S. The normalized spacial score (nSPS) is 12.2. The summed E-state index contributed by atoms with van der Waals surface area (Å²) in [5.74, 6) is -0.101. The number of ether oxygens (including phenoxy) is 2. The van der Waals surface area contributed by atoms with Crippen LogP contribution >= 0.6 is 0 Å². The van der Waals surface area contributed by atoms with Crippen molar-refractivity contribution in [1.29, 1.82) is 0 Å². The van der Waals surface area contributed by atoms with E-state index in [0.29, 0.717) is 18.6 Å². The highest BCUT2D eigenvalue weighted by molar-refractivity contribution is 7.87. The molecule has 0 heterocycles. The average Bonchev–Trinajstić information content (AvgIpc) is 2.80. The van der Waals surface area contributed by atoms with Crippen molar-refractivity contribution >= 4 is 16.1 Å². The third-order valence-corrected chi connectivity index (χ3v) is 6.02. The molecule has 6 nitrogen and oxygen atoms in total. The molecule has 0 bridgehead atoms. The molecule has 0 aromatic heterocycles. The Labute approximate surface area is 188 Å². The Morgan fingerprint density at radius 3 is 2.19 bits per heavy atom. The predicted octanol–water partition coefficient (Wildman–Crippen LogP) is 5.14. The van der Waals surface area contributed by atoms with Crippen LogP contribution in [0.3, 0.4) is 0 Å². The van der Waals surface area contributed by atoms with Crippen LogP contribution in [0, 0.1) is 0 Å². The third kappa shape index (κ3) is 6.67. The Hall–Kier alpha value is -3.16. The second-order valence-corrected chi connectivity index (χ2v) is 8.57. The molecule has 0 amide bonds. The Kier molecular flexibility index (Phi) is 8.41. The molecule has 0 fully saturated rings. The van der Waals surface area contributed by atoms with Gasteiger partial charge >= 0.3 is 16.1 Å². The molecule has 1 atom stereocenters. The second kappa shape index (κ2) is 11.5. The summed E-state index contributed by atoms with van der Waals surface area (Å²) in [6, 6.07) is 24.8. The van der Waals surface area contributed by atoms with Crippen LogP contribution in [0.1, 0.15) is 25.3 Å². The Morgan fingerprint density at radius 1 is 0.875 bits per heavy atom. The van der Waals surface area contributed by atoms with Gasteiger partial charge in [0.2, 0.25) is 0 Å². The maximum atomic E-state index is 13.1. The summed E-state index contributed by atoms with van der Waals surface area (Å²) < 4.78 is 42.3. The zero-order chi connectivity index (χ0) is 22.8. The second-order valence-electron chi connectivity index (χ2n) is 7.03. The number of rotatable bonds is 11. The lowest BCUT2D eigenvalue weighted by Gasteiger charge is -2.17. The van der Waals surface area contributed by atoms with Crippen molar-refractivity contribution in [2.45, 2.75) is 37.2 Å². The van der Waals surface area contributed by atoms with Gasteiger partial charge in [0.05, 0.1) is 6.61 Å². The zero-order valence-corrected chi connectivity index (χ0v) is 18.7. The van der Waals surface area contributed by atoms with Crippen LogP contribution in [0.15, 0.2) is 89.8 Å². The first-order valence-corrected chi connectivity index (χ1v) is 11.9. The molecule has 3 aromatic rings. The fourth-order valence-electron chi connectivity index (χ4n) is 3.14. The lowest BCUT2D eigenvalue weighted by atomic mass is 10.1. The number of hydrogen-bond donors (Lipinski definition) is 0. The number of carbonyl (C=O) groups excluding carboxylic acids is 1. The van der Waals surface area contributed by atoms with E-state index in [-0.39, 0.29) is 23.7 Å². The number of para-hydroxylation sites is 2. The molecule has 0 unspecified atom stereocenters. The molecule has 0 N–H and O–H groups in total. The molecule has 0 aliphatic carbocycles. The van der Waals surface area contributed by atoms with Crippen LogP contribution in [-0.4, -0.2) is 27.1 Å². The molecule has 0 saturated heterocycles. The van der Waals surface area contributed by atoms with Crippen LogP contribution in [0.4, 0.5) is 0 Å². The number of aryl methyl sites for hydroxylation is 1. The van der Waals surface area contributed by atoms with Crippen molar-refractivity contribution in [3.05, 3.63) is 90.5 Å². The molecule has 0 spiro atoms. The standard InChI is InChI=1S/C25H26O6S/c1-2-29-25(26)23(18-11-14-20-12-5-3-6-13-20)31-32(27,28)24-19-10-9-17-22(24)30-21-15-7-4-8-16-21/h3-10,12-13,15-17,19,23H,2,11,14,18H2,1H3/t23-/m1/s1. The highest BCUT2D eigenvalue weighted by atomic mass is 32.2. The lowest BCUT2D eigenvalue weighted by molar-refractivity contribution is -0.151. The first-order chi connectivity index (χ1) is 15.5. The van der Waals surface area contributed by atoms with Crippen LogP contribution in [-0.2, 0) is 30.3 Å². The van der Waals surface area contributed by atoms with Crippen LogP contribution in [0.5, 0.6) is 11.5 Å². The molecule has 3 aromatic carbocycles. The van der Waals surface area contributed by atoms with Gasteiger partial charge < -0.3 is 9.47 Å². The van der Waals surface area contributed by atoms with E-state index in [2.05, 4.69) is 0 Å². The highest BCUT2D eigenvalue weighted by Crippen LogP contribution is 2.30. The molecule has 0 saturated carbocycles. The summed E-state index contributed by atoms with van der Waals surface area (Å²) in [7, 11) is -4.29. The molecule has 0 aliphatic heterocycles. The summed E-state index contributed by atoms with van der Waals surface area (Å²) in [4.78, 5) is 12.3. The largest absolute Gasteiger partial charge is 0.464 e. The van der Waals surface area contributed by atoms with E-state index in [4.69, 9.17) is 13.7 Å². The van der Waals surface area contributed by atoms with Gasteiger partial charge in [-0.3, -0.25) is 4.18 Å². The van der Waals surface area contributed by atoms with Crippen molar-refractivity contribution in [2.24, 2.45) is 0 Å². The smallest absolute Gasteiger partial charge is 0.336 e. The fourth-order valence-corrected chi connectivity index (χ4v) is 4.32. The van der Waals surface area contributed by atoms with Gasteiger partial charge in [-0.2, -0.15) is 8.42 Å². The van der Waals surface area contributed by atoms with Crippen molar-refractivity contribution in [1.82, 2.24) is 0 Å². The maximum absolute atomic E-state index is 13.1. The van der Waals surface area contributed by atoms with Gasteiger partial charge in [0.15, 0.2) is 6.10 Å². The Balaban J connectivity index is 1.76. The van der Waals surface area contributed by atoms with E-state index in [9.17, 15) is 13.2 Å². The van der Waals surface area contributed by atoms with Crippen LogP contribution in [0.2, 0.25) is 0 Å². The minimum absolute atomic E-state index is 0.116.